The Morgan fingerprint density at radius 2 is 2.07 bits per heavy atom. The van der Waals surface area contributed by atoms with Gasteiger partial charge in [-0.3, -0.25) is 9.69 Å². The van der Waals surface area contributed by atoms with Gasteiger partial charge in [0.25, 0.3) is 0 Å². The fourth-order valence-corrected chi connectivity index (χ4v) is 1.08. The quantitative estimate of drug-likeness (QED) is 0.712. The minimum atomic E-state index is -0.460. The van der Waals surface area contributed by atoms with Crippen LogP contribution in [0.3, 0.4) is 0 Å². The van der Waals surface area contributed by atoms with Crippen LogP contribution < -0.4 is 5.32 Å². The molecule has 0 saturated heterocycles. The summed E-state index contributed by atoms with van der Waals surface area (Å²) >= 11 is 5.64. The summed E-state index contributed by atoms with van der Waals surface area (Å²) in [5, 5.41) is 2.36. The Balaban J connectivity index is 4.05. The Bertz CT molecular complexity index is 193. The first kappa shape index (κ1) is 13.7. The average Bonchev–Trinajstić information content (AvgIpc) is 2.12. The number of likely N-dealkylation sites (N-methyl/N-ethyl adjacent to an activating group) is 1. The number of amides is 1. The van der Waals surface area contributed by atoms with E-state index in [4.69, 9.17) is 11.6 Å². The normalized spacial score (nSPS) is 14.2. The monoisotopic (exact) mass is 220 g/mol. The molecule has 0 radical (unpaired) electrons. The fraction of sp³-hybridized carbons (Fsp3) is 0.900. The van der Waals surface area contributed by atoms with Crippen LogP contribution in [0.4, 0.5) is 0 Å². The number of hydrogen-bond donors (Lipinski definition) is 1. The van der Waals surface area contributed by atoms with Gasteiger partial charge < -0.3 is 5.32 Å². The van der Waals surface area contributed by atoms with Crippen molar-refractivity contribution in [3.8, 4) is 0 Å². The summed E-state index contributed by atoms with van der Waals surface area (Å²) < 4.78 is 0. The zero-order chi connectivity index (χ0) is 11.4. The lowest BCUT2D eigenvalue weighted by Crippen LogP contribution is -2.50. The molecular formula is C10H21ClN2O. The van der Waals surface area contributed by atoms with Crippen molar-refractivity contribution >= 4 is 17.5 Å². The van der Waals surface area contributed by atoms with E-state index in [0.29, 0.717) is 6.54 Å². The molecule has 1 N–H and O–H groups in total. The van der Waals surface area contributed by atoms with Gasteiger partial charge in [-0.1, -0.05) is 6.92 Å². The van der Waals surface area contributed by atoms with Gasteiger partial charge in [0, 0.05) is 12.1 Å². The second kappa shape index (κ2) is 5.56. The third-order valence-electron chi connectivity index (χ3n) is 2.56. The molecule has 0 aromatic heterocycles. The van der Waals surface area contributed by atoms with Gasteiger partial charge in [-0.05, 0) is 34.4 Å². The molecule has 14 heavy (non-hydrogen) atoms. The molecule has 4 heteroatoms. The standard InChI is InChI=1S/C10H21ClN2O/c1-6-13(5)10(3,4)7-12-9(14)8(2)11/h8H,6-7H2,1-5H3,(H,12,14). The van der Waals surface area contributed by atoms with Gasteiger partial charge in [0.2, 0.25) is 5.91 Å². The highest BCUT2D eigenvalue weighted by Gasteiger charge is 2.23. The molecule has 0 aromatic rings. The Kier molecular flexibility index (Phi) is 5.45. The molecule has 0 rings (SSSR count). The summed E-state index contributed by atoms with van der Waals surface area (Å²) in [6, 6.07) is 0. The van der Waals surface area contributed by atoms with Crippen LogP contribution in [0.5, 0.6) is 0 Å². The fourth-order valence-electron chi connectivity index (χ4n) is 1.01. The SMILES string of the molecule is CCN(C)C(C)(C)CNC(=O)C(C)Cl. The van der Waals surface area contributed by atoms with Crippen LogP contribution in [0.15, 0.2) is 0 Å². The van der Waals surface area contributed by atoms with Crippen molar-refractivity contribution in [2.75, 3.05) is 20.1 Å². The summed E-state index contributed by atoms with van der Waals surface area (Å²) in [4.78, 5) is 13.4. The van der Waals surface area contributed by atoms with Crippen LogP contribution in [0.1, 0.15) is 27.7 Å². The van der Waals surface area contributed by atoms with Crippen molar-refractivity contribution in [1.29, 1.82) is 0 Å². The molecule has 1 amide bonds. The summed E-state index contributed by atoms with van der Waals surface area (Å²) in [6.07, 6.45) is 0. The number of carbonyl (C=O) groups is 1. The molecule has 1 unspecified atom stereocenters. The van der Waals surface area contributed by atoms with E-state index in [1.165, 1.54) is 0 Å². The second-order valence-corrected chi connectivity index (χ2v) is 4.82. The molecule has 0 saturated carbocycles. The molecule has 84 valence electrons. The summed E-state index contributed by atoms with van der Waals surface area (Å²) in [5.41, 5.74) is -0.0316. The topological polar surface area (TPSA) is 32.3 Å². The first-order chi connectivity index (χ1) is 6.31. The lowest BCUT2D eigenvalue weighted by Gasteiger charge is -2.35. The molecule has 0 aliphatic carbocycles. The Morgan fingerprint density at radius 1 is 1.57 bits per heavy atom. The van der Waals surface area contributed by atoms with Crippen LogP contribution in [-0.4, -0.2) is 41.9 Å². The Labute approximate surface area is 91.8 Å². The average molecular weight is 221 g/mol. The molecule has 0 heterocycles. The molecule has 0 aliphatic heterocycles. The largest absolute Gasteiger partial charge is 0.353 e. The van der Waals surface area contributed by atoms with E-state index in [1.54, 1.807) is 6.92 Å². The van der Waals surface area contributed by atoms with E-state index in [-0.39, 0.29) is 11.4 Å². The maximum Gasteiger partial charge on any atom is 0.237 e. The number of hydrogen-bond acceptors (Lipinski definition) is 2. The van der Waals surface area contributed by atoms with Crippen molar-refractivity contribution < 1.29 is 4.79 Å². The molecule has 3 nitrogen and oxygen atoms in total. The van der Waals surface area contributed by atoms with Gasteiger partial charge in [0.15, 0.2) is 0 Å². The minimum absolute atomic E-state index is 0.0316. The lowest BCUT2D eigenvalue weighted by molar-refractivity contribution is -0.121. The predicted molar refractivity (Wildman–Crippen MR) is 60.7 cm³/mol. The number of nitrogens with one attached hydrogen (secondary N) is 1. The van der Waals surface area contributed by atoms with Gasteiger partial charge in [-0.2, -0.15) is 0 Å². The molecule has 0 bridgehead atoms. The summed E-state index contributed by atoms with van der Waals surface area (Å²) in [6.45, 7) is 9.53. The summed E-state index contributed by atoms with van der Waals surface area (Å²) in [7, 11) is 2.04. The third-order valence-corrected chi connectivity index (χ3v) is 2.76. The highest BCUT2D eigenvalue weighted by molar-refractivity contribution is 6.30. The van der Waals surface area contributed by atoms with Gasteiger partial charge in [-0.15, -0.1) is 11.6 Å². The van der Waals surface area contributed by atoms with Gasteiger partial charge in [-0.25, -0.2) is 0 Å². The van der Waals surface area contributed by atoms with Crippen LogP contribution in [0.2, 0.25) is 0 Å². The van der Waals surface area contributed by atoms with Crippen molar-refractivity contribution in [3.63, 3.8) is 0 Å². The zero-order valence-electron chi connectivity index (χ0n) is 9.72. The minimum Gasteiger partial charge on any atom is -0.353 e. The van der Waals surface area contributed by atoms with Crippen LogP contribution in [-0.2, 0) is 4.79 Å². The first-order valence-electron chi connectivity index (χ1n) is 4.94. The Hall–Kier alpha value is -0.280. The van der Waals surface area contributed by atoms with Crippen molar-refractivity contribution in [2.24, 2.45) is 0 Å². The molecular weight excluding hydrogens is 200 g/mol. The van der Waals surface area contributed by atoms with Crippen LogP contribution in [0, 0.1) is 0 Å². The van der Waals surface area contributed by atoms with Crippen LogP contribution in [0.25, 0.3) is 0 Å². The highest BCUT2D eigenvalue weighted by Crippen LogP contribution is 2.10. The molecule has 0 fully saturated rings. The Morgan fingerprint density at radius 3 is 2.43 bits per heavy atom. The van der Waals surface area contributed by atoms with E-state index >= 15 is 0 Å². The first-order valence-corrected chi connectivity index (χ1v) is 5.38. The maximum atomic E-state index is 11.2. The number of halogens is 1. The number of rotatable bonds is 5. The maximum absolute atomic E-state index is 11.2. The number of carbonyl (C=O) groups excluding carboxylic acids is 1. The van der Waals surface area contributed by atoms with Crippen molar-refractivity contribution in [3.05, 3.63) is 0 Å². The van der Waals surface area contributed by atoms with Crippen molar-refractivity contribution in [2.45, 2.75) is 38.6 Å². The van der Waals surface area contributed by atoms with Gasteiger partial charge >= 0.3 is 0 Å². The predicted octanol–water partition coefficient (Wildman–Crippen LogP) is 1.46. The molecule has 1 atom stereocenters. The smallest absolute Gasteiger partial charge is 0.237 e. The van der Waals surface area contributed by atoms with Gasteiger partial charge in [0.05, 0.1) is 0 Å². The molecule has 0 aliphatic rings. The highest BCUT2D eigenvalue weighted by atomic mass is 35.5. The lowest BCUT2D eigenvalue weighted by atomic mass is 10.0. The second-order valence-electron chi connectivity index (χ2n) is 4.16. The van der Waals surface area contributed by atoms with E-state index < -0.39 is 5.38 Å². The molecule has 0 aromatic carbocycles. The van der Waals surface area contributed by atoms with Gasteiger partial charge in [0.1, 0.15) is 5.38 Å². The van der Waals surface area contributed by atoms with E-state index in [9.17, 15) is 4.79 Å². The third kappa shape index (κ3) is 4.29. The zero-order valence-corrected chi connectivity index (χ0v) is 10.5. The number of alkyl halides is 1. The van der Waals surface area contributed by atoms with Crippen molar-refractivity contribution in [1.82, 2.24) is 10.2 Å². The van der Waals surface area contributed by atoms with E-state index in [0.717, 1.165) is 6.54 Å². The van der Waals surface area contributed by atoms with E-state index in [2.05, 4.69) is 31.0 Å². The van der Waals surface area contributed by atoms with E-state index in [1.807, 2.05) is 7.05 Å². The summed E-state index contributed by atoms with van der Waals surface area (Å²) in [5.74, 6) is -0.107. The van der Waals surface area contributed by atoms with Crippen LogP contribution >= 0.6 is 11.6 Å². The molecule has 0 spiro atoms. The number of nitrogens with zero attached hydrogens (tertiary/aromatic N) is 1.